The number of hydrogen-bond donors (Lipinski definition) is 1. The minimum atomic E-state index is -0.904. The predicted molar refractivity (Wildman–Crippen MR) is 106 cm³/mol. The van der Waals surface area contributed by atoms with Crippen LogP contribution in [-0.2, 0) is 20.4 Å². The van der Waals surface area contributed by atoms with Crippen molar-refractivity contribution in [1.29, 1.82) is 0 Å². The molecule has 2 rings (SSSR count). The fourth-order valence-electron chi connectivity index (χ4n) is 3.24. The summed E-state index contributed by atoms with van der Waals surface area (Å²) in [5, 5.41) is 10.9. The van der Waals surface area contributed by atoms with Crippen LogP contribution in [0.15, 0.2) is 36.4 Å². The SMILES string of the molecule is COC(=O)C(c1cc(C(C)(C)C)c(O)c(C(C)(C)C)c1)c1ccccc1F. The molecule has 0 saturated carbocycles. The average molecular weight is 372 g/mol. The zero-order valence-electron chi connectivity index (χ0n) is 17.2. The van der Waals surface area contributed by atoms with Gasteiger partial charge in [0.05, 0.1) is 7.11 Å². The molecular formula is C23H29FO3. The highest BCUT2D eigenvalue weighted by Crippen LogP contribution is 2.42. The molecule has 2 aromatic rings. The second-order valence-electron chi connectivity index (χ2n) is 8.94. The number of benzene rings is 2. The minimum Gasteiger partial charge on any atom is -0.507 e. The molecule has 0 aromatic heterocycles. The highest BCUT2D eigenvalue weighted by molar-refractivity contribution is 5.82. The molecule has 0 heterocycles. The first-order valence-corrected chi connectivity index (χ1v) is 9.08. The van der Waals surface area contributed by atoms with Gasteiger partial charge in [-0.05, 0) is 33.6 Å². The maximum Gasteiger partial charge on any atom is 0.317 e. The van der Waals surface area contributed by atoms with Crippen molar-refractivity contribution < 1.29 is 19.0 Å². The van der Waals surface area contributed by atoms with Crippen LogP contribution in [-0.4, -0.2) is 18.2 Å². The maximum atomic E-state index is 14.5. The van der Waals surface area contributed by atoms with E-state index in [0.717, 1.165) is 11.1 Å². The van der Waals surface area contributed by atoms with Crippen LogP contribution in [0.3, 0.4) is 0 Å². The average Bonchev–Trinajstić information content (AvgIpc) is 2.55. The Morgan fingerprint density at radius 2 is 1.48 bits per heavy atom. The van der Waals surface area contributed by atoms with Crippen molar-refractivity contribution in [2.24, 2.45) is 0 Å². The molecule has 0 aliphatic carbocycles. The number of carbonyl (C=O) groups is 1. The van der Waals surface area contributed by atoms with Crippen molar-refractivity contribution in [1.82, 2.24) is 0 Å². The number of ether oxygens (including phenoxy) is 1. The van der Waals surface area contributed by atoms with E-state index in [1.165, 1.54) is 13.2 Å². The fraction of sp³-hybridized carbons (Fsp3) is 0.435. The Morgan fingerprint density at radius 3 is 1.89 bits per heavy atom. The summed E-state index contributed by atoms with van der Waals surface area (Å²) in [5.74, 6) is -1.68. The third-order valence-corrected chi connectivity index (χ3v) is 4.73. The van der Waals surface area contributed by atoms with Crippen molar-refractivity contribution >= 4 is 5.97 Å². The van der Waals surface area contributed by atoms with E-state index in [2.05, 4.69) is 0 Å². The summed E-state index contributed by atoms with van der Waals surface area (Å²) in [4.78, 5) is 12.6. The van der Waals surface area contributed by atoms with Crippen LogP contribution >= 0.6 is 0 Å². The molecule has 0 bridgehead atoms. The van der Waals surface area contributed by atoms with Gasteiger partial charge in [0.15, 0.2) is 0 Å². The molecule has 2 aromatic carbocycles. The lowest BCUT2D eigenvalue weighted by molar-refractivity contribution is -0.141. The Kier molecular flexibility index (Phi) is 5.69. The van der Waals surface area contributed by atoms with Gasteiger partial charge in [-0.25, -0.2) is 4.39 Å². The van der Waals surface area contributed by atoms with Crippen LogP contribution < -0.4 is 0 Å². The molecule has 4 heteroatoms. The standard InChI is InChI=1S/C23H29FO3/c1-22(2,3)16-12-14(13-17(20(16)25)23(4,5)6)19(21(26)27-7)15-10-8-9-11-18(15)24/h8-13,19,25H,1-7H3. The lowest BCUT2D eigenvalue weighted by Gasteiger charge is -2.29. The normalized spacial score (nSPS) is 13.3. The summed E-state index contributed by atoms with van der Waals surface area (Å²) < 4.78 is 19.5. The summed E-state index contributed by atoms with van der Waals surface area (Å²) in [6.07, 6.45) is 0. The van der Waals surface area contributed by atoms with Gasteiger partial charge in [-0.15, -0.1) is 0 Å². The Bertz CT molecular complexity index is 806. The van der Waals surface area contributed by atoms with Crippen molar-refractivity contribution in [2.75, 3.05) is 7.11 Å². The first-order chi connectivity index (χ1) is 12.4. The molecule has 1 atom stereocenters. The molecular weight excluding hydrogens is 343 g/mol. The first-order valence-electron chi connectivity index (χ1n) is 9.08. The molecule has 27 heavy (non-hydrogen) atoms. The number of phenols is 1. The third-order valence-electron chi connectivity index (χ3n) is 4.73. The second-order valence-corrected chi connectivity index (χ2v) is 8.94. The molecule has 146 valence electrons. The van der Waals surface area contributed by atoms with Crippen LogP contribution in [0, 0.1) is 5.82 Å². The van der Waals surface area contributed by atoms with E-state index in [1.54, 1.807) is 30.3 Å². The quantitative estimate of drug-likeness (QED) is 0.731. The Labute approximate surface area is 161 Å². The number of phenolic OH excluding ortho intramolecular Hbond substituents is 1. The van der Waals surface area contributed by atoms with E-state index < -0.39 is 17.7 Å². The van der Waals surface area contributed by atoms with Gasteiger partial charge in [-0.1, -0.05) is 71.9 Å². The van der Waals surface area contributed by atoms with E-state index in [0.29, 0.717) is 5.56 Å². The monoisotopic (exact) mass is 372 g/mol. The summed E-state index contributed by atoms with van der Waals surface area (Å²) in [5.41, 5.74) is 1.60. The van der Waals surface area contributed by atoms with E-state index >= 15 is 0 Å². The van der Waals surface area contributed by atoms with Gasteiger partial charge < -0.3 is 9.84 Å². The summed E-state index contributed by atoms with van der Waals surface area (Å²) in [6, 6.07) is 9.80. The highest BCUT2D eigenvalue weighted by Gasteiger charge is 2.32. The lowest BCUT2D eigenvalue weighted by Crippen LogP contribution is -2.22. The molecule has 0 fully saturated rings. The van der Waals surface area contributed by atoms with Gasteiger partial charge in [-0.2, -0.15) is 0 Å². The van der Waals surface area contributed by atoms with E-state index in [4.69, 9.17) is 4.74 Å². The van der Waals surface area contributed by atoms with Crippen LogP contribution in [0.4, 0.5) is 4.39 Å². The van der Waals surface area contributed by atoms with Gasteiger partial charge >= 0.3 is 5.97 Å². The van der Waals surface area contributed by atoms with Crippen molar-refractivity contribution in [3.63, 3.8) is 0 Å². The van der Waals surface area contributed by atoms with Gasteiger partial charge in [-0.3, -0.25) is 4.79 Å². The molecule has 1 unspecified atom stereocenters. The lowest BCUT2D eigenvalue weighted by atomic mass is 9.76. The van der Waals surface area contributed by atoms with Gasteiger partial charge in [0, 0.05) is 5.56 Å². The Balaban J connectivity index is 2.84. The van der Waals surface area contributed by atoms with Crippen molar-refractivity contribution in [2.45, 2.75) is 58.3 Å². The molecule has 0 aliphatic rings. The number of methoxy groups -OCH3 is 1. The van der Waals surface area contributed by atoms with Crippen LogP contribution in [0.25, 0.3) is 0 Å². The molecule has 3 nitrogen and oxygen atoms in total. The van der Waals surface area contributed by atoms with Crippen molar-refractivity contribution in [3.8, 4) is 5.75 Å². The van der Waals surface area contributed by atoms with Crippen LogP contribution in [0.5, 0.6) is 5.75 Å². The Morgan fingerprint density at radius 1 is 1.00 bits per heavy atom. The fourth-order valence-corrected chi connectivity index (χ4v) is 3.24. The summed E-state index contributed by atoms with van der Waals surface area (Å²) >= 11 is 0. The number of rotatable bonds is 3. The zero-order valence-corrected chi connectivity index (χ0v) is 17.2. The summed E-state index contributed by atoms with van der Waals surface area (Å²) in [7, 11) is 1.30. The number of carbonyl (C=O) groups excluding carboxylic acids is 1. The molecule has 0 aliphatic heterocycles. The number of hydrogen-bond acceptors (Lipinski definition) is 3. The van der Waals surface area contributed by atoms with E-state index in [1.807, 2.05) is 41.5 Å². The van der Waals surface area contributed by atoms with E-state index in [9.17, 15) is 14.3 Å². The molecule has 0 radical (unpaired) electrons. The second kappa shape index (κ2) is 7.34. The third kappa shape index (κ3) is 4.32. The van der Waals surface area contributed by atoms with Crippen LogP contribution in [0.1, 0.15) is 69.7 Å². The van der Waals surface area contributed by atoms with Gasteiger partial charge in [0.1, 0.15) is 17.5 Å². The topological polar surface area (TPSA) is 46.5 Å². The smallest absolute Gasteiger partial charge is 0.317 e. The predicted octanol–water partition coefficient (Wildman–Crippen LogP) is 5.43. The van der Waals surface area contributed by atoms with Gasteiger partial charge in [0.2, 0.25) is 0 Å². The zero-order chi connectivity index (χ0) is 20.6. The number of aromatic hydroxyl groups is 1. The molecule has 0 spiro atoms. The first kappa shape index (κ1) is 20.9. The Hall–Kier alpha value is -2.36. The molecule has 0 saturated heterocycles. The summed E-state index contributed by atoms with van der Waals surface area (Å²) in [6.45, 7) is 12.0. The van der Waals surface area contributed by atoms with E-state index in [-0.39, 0.29) is 22.1 Å². The van der Waals surface area contributed by atoms with Crippen LogP contribution in [0.2, 0.25) is 0 Å². The number of halogens is 1. The molecule has 1 N–H and O–H groups in total. The highest BCUT2D eigenvalue weighted by atomic mass is 19.1. The number of esters is 1. The van der Waals surface area contributed by atoms with Gasteiger partial charge in [0.25, 0.3) is 0 Å². The largest absolute Gasteiger partial charge is 0.507 e. The maximum absolute atomic E-state index is 14.5. The molecule has 0 amide bonds. The van der Waals surface area contributed by atoms with Crippen molar-refractivity contribution in [3.05, 3.63) is 64.5 Å². The minimum absolute atomic E-state index is 0.218.